The van der Waals surface area contributed by atoms with Gasteiger partial charge in [0.05, 0.1) is 6.04 Å². The summed E-state index contributed by atoms with van der Waals surface area (Å²) in [5.74, 6) is -2.26. The molecule has 0 aromatic carbocycles. The smallest absolute Gasteiger partial charge is 0.331 e. The van der Waals surface area contributed by atoms with Gasteiger partial charge in [0, 0.05) is 6.54 Å². The third-order valence-corrected chi connectivity index (χ3v) is 2.72. The highest BCUT2D eigenvalue weighted by Crippen LogP contribution is 2.22. The van der Waals surface area contributed by atoms with Crippen molar-refractivity contribution < 1.29 is 9.50 Å². The fourth-order valence-corrected chi connectivity index (χ4v) is 1.79. The van der Waals surface area contributed by atoms with Crippen LogP contribution in [0.2, 0.25) is 0 Å². The molecule has 1 rings (SSSR count). The molecule has 0 amide bonds. The first-order valence-corrected chi connectivity index (χ1v) is 5.63. The normalized spacial score (nSPS) is 13.3. The van der Waals surface area contributed by atoms with Crippen molar-refractivity contribution in [2.45, 2.75) is 19.9 Å². The average molecular weight is 259 g/mol. The van der Waals surface area contributed by atoms with Gasteiger partial charge in [0.25, 0.3) is 5.56 Å². The van der Waals surface area contributed by atoms with Crippen molar-refractivity contribution in [3.05, 3.63) is 26.7 Å². The van der Waals surface area contributed by atoms with E-state index in [0.29, 0.717) is 6.54 Å². The Morgan fingerprint density at radius 3 is 2.39 bits per heavy atom. The van der Waals surface area contributed by atoms with Gasteiger partial charge in [-0.15, -0.1) is 0 Å². The Bertz CT molecular complexity index is 533. The Balaban J connectivity index is 3.42. The van der Waals surface area contributed by atoms with Crippen molar-refractivity contribution in [3.8, 4) is 5.88 Å². The van der Waals surface area contributed by atoms with Gasteiger partial charge in [-0.2, -0.15) is 4.39 Å². The van der Waals surface area contributed by atoms with E-state index in [1.54, 1.807) is 14.1 Å². The molecule has 0 aliphatic carbocycles. The maximum atomic E-state index is 13.4. The van der Waals surface area contributed by atoms with E-state index in [9.17, 15) is 19.1 Å². The summed E-state index contributed by atoms with van der Waals surface area (Å²) in [4.78, 5) is 26.4. The third-order valence-electron chi connectivity index (χ3n) is 2.72. The average Bonchev–Trinajstić information content (AvgIpc) is 2.24. The molecule has 18 heavy (non-hydrogen) atoms. The fraction of sp³-hybridized carbons (Fsp3) is 0.636. The number of hydrogen-bond acceptors (Lipinski definition) is 4. The van der Waals surface area contributed by atoms with Crippen LogP contribution < -0.4 is 11.2 Å². The number of likely N-dealkylation sites (N-methyl/N-ethyl adjacent to an activating group) is 1. The lowest BCUT2D eigenvalue weighted by molar-refractivity contribution is 0.233. The van der Waals surface area contributed by atoms with E-state index in [-0.39, 0.29) is 5.92 Å². The van der Waals surface area contributed by atoms with Crippen LogP contribution >= 0.6 is 0 Å². The zero-order valence-electron chi connectivity index (χ0n) is 10.9. The molecule has 0 fully saturated rings. The first-order chi connectivity index (χ1) is 8.25. The van der Waals surface area contributed by atoms with Crippen LogP contribution in [0.25, 0.3) is 0 Å². The molecule has 0 radical (unpaired) electrons. The van der Waals surface area contributed by atoms with Gasteiger partial charge >= 0.3 is 5.69 Å². The van der Waals surface area contributed by atoms with Gasteiger partial charge in [-0.25, -0.2) is 4.79 Å². The number of H-pyrrole nitrogens is 1. The van der Waals surface area contributed by atoms with Crippen molar-refractivity contribution in [3.63, 3.8) is 0 Å². The maximum absolute atomic E-state index is 13.4. The van der Waals surface area contributed by atoms with Crippen molar-refractivity contribution in [1.82, 2.24) is 14.5 Å². The largest absolute Gasteiger partial charge is 0.492 e. The molecule has 1 heterocycles. The summed E-state index contributed by atoms with van der Waals surface area (Å²) in [6.45, 7) is 4.14. The lowest BCUT2D eigenvalue weighted by atomic mass is 10.0. The monoisotopic (exact) mass is 259 g/mol. The lowest BCUT2D eigenvalue weighted by Crippen LogP contribution is -2.39. The summed E-state index contributed by atoms with van der Waals surface area (Å²) >= 11 is 0. The first kappa shape index (κ1) is 14.4. The highest BCUT2D eigenvalue weighted by molar-refractivity contribution is 5.11. The standard InChI is InChI=1S/C11H18FN3O3/c1-6(2)7(5-14(3)4)15-10(17)8(12)9(16)13-11(15)18/h6-7,17H,5H2,1-4H3,(H,13,16,18). The lowest BCUT2D eigenvalue weighted by Gasteiger charge is -2.26. The predicted octanol–water partition coefficient (Wildman–Crippen LogP) is 0.140. The zero-order chi connectivity index (χ0) is 14.0. The van der Waals surface area contributed by atoms with Crippen LogP contribution in [0.1, 0.15) is 19.9 Å². The molecular formula is C11H18FN3O3. The molecule has 0 saturated carbocycles. The van der Waals surface area contributed by atoms with E-state index >= 15 is 0 Å². The van der Waals surface area contributed by atoms with Crippen molar-refractivity contribution in [2.75, 3.05) is 20.6 Å². The summed E-state index contributed by atoms with van der Waals surface area (Å²) in [5.41, 5.74) is -2.01. The van der Waals surface area contributed by atoms with Crippen LogP contribution in [0.15, 0.2) is 9.59 Å². The highest BCUT2D eigenvalue weighted by atomic mass is 19.1. The molecule has 1 unspecified atom stereocenters. The minimum Gasteiger partial charge on any atom is -0.492 e. The number of halogens is 1. The van der Waals surface area contributed by atoms with Gasteiger partial charge in [0.15, 0.2) is 0 Å². The number of rotatable bonds is 4. The molecule has 6 nitrogen and oxygen atoms in total. The molecular weight excluding hydrogens is 241 g/mol. The van der Waals surface area contributed by atoms with E-state index in [1.807, 2.05) is 23.7 Å². The summed E-state index contributed by atoms with van der Waals surface area (Å²) in [6.07, 6.45) is 0. The van der Waals surface area contributed by atoms with Gasteiger partial charge in [0.1, 0.15) is 0 Å². The topological polar surface area (TPSA) is 78.3 Å². The van der Waals surface area contributed by atoms with E-state index in [2.05, 4.69) is 0 Å². The van der Waals surface area contributed by atoms with E-state index in [1.165, 1.54) is 0 Å². The SMILES string of the molecule is CC(C)C(CN(C)C)n1c(O)c(F)c(=O)[nH]c1=O. The third kappa shape index (κ3) is 2.79. The Kier molecular flexibility index (Phi) is 4.28. The predicted molar refractivity (Wildman–Crippen MR) is 65.4 cm³/mol. The second kappa shape index (κ2) is 5.34. The van der Waals surface area contributed by atoms with Gasteiger partial charge in [-0.05, 0) is 20.0 Å². The van der Waals surface area contributed by atoms with Gasteiger partial charge in [-0.3, -0.25) is 14.3 Å². The van der Waals surface area contributed by atoms with E-state index in [4.69, 9.17) is 0 Å². The number of hydrogen-bond donors (Lipinski definition) is 2. The van der Waals surface area contributed by atoms with Crippen LogP contribution in [-0.2, 0) is 0 Å². The van der Waals surface area contributed by atoms with Crippen molar-refractivity contribution in [2.24, 2.45) is 5.92 Å². The molecule has 0 spiro atoms. The summed E-state index contributed by atoms with van der Waals surface area (Å²) in [7, 11) is 3.61. The second-order valence-electron chi connectivity index (χ2n) is 4.84. The number of nitrogens with zero attached hydrogens (tertiary/aromatic N) is 2. The van der Waals surface area contributed by atoms with Crippen LogP contribution in [0.4, 0.5) is 4.39 Å². The van der Waals surface area contributed by atoms with Crippen LogP contribution in [-0.4, -0.2) is 40.2 Å². The zero-order valence-corrected chi connectivity index (χ0v) is 10.9. The number of nitrogens with one attached hydrogen (secondary N) is 1. The number of aromatic nitrogens is 2. The number of aromatic amines is 1. The Labute approximate surface area is 104 Å². The van der Waals surface area contributed by atoms with Gasteiger partial charge in [0.2, 0.25) is 11.7 Å². The van der Waals surface area contributed by atoms with E-state index < -0.39 is 29.0 Å². The highest BCUT2D eigenvalue weighted by Gasteiger charge is 2.24. The van der Waals surface area contributed by atoms with Gasteiger partial charge in [-0.1, -0.05) is 13.8 Å². The fourth-order valence-electron chi connectivity index (χ4n) is 1.79. The molecule has 0 bridgehead atoms. The Morgan fingerprint density at radius 2 is 1.94 bits per heavy atom. The van der Waals surface area contributed by atoms with Crippen LogP contribution in [0.3, 0.4) is 0 Å². The van der Waals surface area contributed by atoms with Crippen molar-refractivity contribution >= 4 is 0 Å². The Hall–Kier alpha value is -1.63. The Morgan fingerprint density at radius 1 is 1.39 bits per heavy atom. The minimum atomic E-state index is -1.33. The molecule has 1 aromatic heterocycles. The molecule has 102 valence electrons. The molecule has 1 atom stereocenters. The molecule has 7 heteroatoms. The molecule has 2 N–H and O–H groups in total. The first-order valence-electron chi connectivity index (χ1n) is 5.63. The summed E-state index contributed by atoms with van der Waals surface area (Å²) in [6, 6.07) is -0.432. The van der Waals surface area contributed by atoms with Gasteiger partial charge < -0.3 is 10.0 Å². The minimum absolute atomic E-state index is 0.0127. The molecule has 0 aliphatic rings. The molecule has 1 aromatic rings. The van der Waals surface area contributed by atoms with E-state index in [0.717, 1.165) is 4.57 Å². The molecule has 0 saturated heterocycles. The summed E-state index contributed by atoms with van der Waals surface area (Å²) < 4.78 is 14.3. The van der Waals surface area contributed by atoms with Crippen LogP contribution in [0, 0.1) is 11.7 Å². The second-order valence-corrected chi connectivity index (χ2v) is 4.84. The summed E-state index contributed by atoms with van der Waals surface area (Å²) in [5, 5.41) is 9.64. The quantitative estimate of drug-likeness (QED) is 0.806. The van der Waals surface area contributed by atoms with Crippen LogP contribution in [0.5, 0.6) is 5.88 Å². The number of aromatic hydroxyl groups is 1. The van der Waals surface area contributed by atoms with Crippen molar-refractivity contribution in [1.29, 1.82) is 0 Å². The maximum Gasteiger partial charge on any atom is 0.331 e. The molecule has 0 aliphatic heterocycles.